The molecule has 128 valence electrons. The van der Waals surface area contributed by atoms with E-state index in [9.17, 15) is 9.59 Å². The number of esters is 2. The van der Waals surface area contributed by atoms with E-state index in [0.29, 0.717) is 0 Å². The Balaban J connectivity index is 3.37. The molecule has 1 aromatic rings. The number of carbonyl (C=O) groups is 2. The van der Waals surface area contributed by atoms with Gasteiger partial charge in [-0.3, -0.25) is 9.59 Å². The van der Waals surface area contributed by atoms with Crippen LogP contribution in [-0.2, 0) is 25.5 Å². The van der Waals surface area contributed by atoms with Gasteiger partial charge in [0.15, 0.2) is 5.41 Å². The van der Waals surface area contributed by atoms with Crippen molar-refractivity contribution >= 4 is 11.9 Å². The van der Waals surface area contributed by atoms with Crippen molar-refractivity contribution in [2.45, 2.75) is 54.9 Å². The molecule has 4 heteroatoms. The van der Waals surface area contributed by atoms with Crippen LogP contribution in [0, 0.1) is 33.1 Å². The fourth-order valence-electron chi connectivity index (χ4n) is 2.73. The largest absolute Gasteiger partial charge is 0.465 e. The van der Waals surface area contributed by atoms with Gasteiger partial charge in [-0.2, -0.15) is 0 Å². The molecule has 1 rings (SSSR count). The van der Waals surface area contributed by atoms with Gasteiger partial charge in [0.2, 0.25) is 0 Å². The smallest absolute Gasteiger partial charge is 0.323 e. The number of aryl methyl sites for hydroxylation is 2. The number of rotatable bonds is 6. The van der Waals surface area contributed by atoms with Gasteiger partial charge in [-0.05, 0) is 82.7 Å². The minimum atomic E-state index is -1.33. The predicted octanol–water partition coefficient (Wildman–Crippen LogP) is 3.60. The van der Waals surface area contributed by atoms with Crippen molar-refractivity contribution in [2.24, 2.45) is 5.41 Å². The Kier molecular flexibility index (Phi) is 6.37. The summed E-state index contributed by atoms with van der Waals surface area (Å²) in [5.74, 6) is -1.06. The van der Waals surface area contributed by atoms with Crippen molar-refractivity contribution in [3.63, 3.8) is 0 Å². The molecule has 0 unspecified atom stereocenters. The van der Waals surface area contributed by atoms with Crippen molar-refractivity contribution in [3.05, 3.63) is 33.9 Å². The second-order valence-electron chi connectivity index (χ2n) is 6.19. The highest BCUT2D eigenvalue weighted by atomic mass is 16.6. The third kappa shape index (κ3) is 3.92. The number of hydrogen-bond acceptors (Lipinski definition) is 4. The van der Waals surface area contributed by atoms with Crippen LogP contribution in [0.1, 0.15) is 48.6 Å². The second-order valence-corrected chi connectivity index (χ2v) is 6.19. The molecular weight excluding hydrogens is 292 g/mol. The zero-order valence-electron chi connectivity index (χ0n) is 15.3. The van der Waals surface area contributed by atoms with E-state index in [4.69, 9.17) is 9.47 Å². The van der Waals surface area contributed by atoms with Crippen LogP contribution < -0.4 is 0 Å². The summed E-state index contributed by atoms with van der Waals surface area (Å²) in [6.07, 6.45) is 0.283. The molecule has 0 aliphatic heterocycles. The Bertz CT molecular complexity index is 558. The molecule has 1 aromatic carbocycles. The zero-order valence-corrected chi connectivity index (χ0v) is 15.3. The molecule has 0 radical (unpaired) electrons. The van der Waals surface area contributed by atoms with Crippen LogP contribution >= 0.6 is 0 Å². The van der Waals surface area contributed by atoms with Crippen molar-refractivity contribution in [1.82, 2.24) is 0 Å². The molecule has 0 N–H and O–H groups in total. The minimum absolute atomic E-state index is 0.235. The highest BCUT2D eigenvalue weighted by Crippen LogP contribution is 2.32. The topological polar surface area (TPSA) is 52.6 Å². The lowest BCUT2D eigenvalue weighted by Gasteiger charge is -2.27. The van der Waals surface area contributed by atoms with E-state index < -0.39 is 17.4 Å². The molecule has 0 aromatic heterocycles. The van der Waals surface area contributed by atoms with E-state index >= 15 is 0 Å². The Hall–Kier alpha value is -1.84. The van der Waals surface area contributed by atoms with Crippen LogP contribution in [0.25, 0.3) is 0 Å². The van der Waals surface area contributed by atoms with E-state index in [2.05, 4.69) is 6.07 Å². The molecule has 0 amide bonds. The second kappa shape index (κ2) is 7.62. The summed E-state index contributed by atoms with van der Waals surface area (Å²) >= 11 is 0. The first-order valence-electron chi connectivity index (χ1n) is 8.09. The molecule has 0 aliphatic carbocycles. The molecular formula is C19H28O4. The molecule has 0 saturated carbocycles. The van der Waals surface area contributed by atoms with Crippen LogP contribution in [0.2, 0.25) is 0 Å². The van der Waals surface area contributed by atoms with E-state index in [-0.39, 0.29) is 19.6 Å². The fourth-order valence-corrected chi connectivity index (χ4v) is 2.73. The maximum atomic E-state index is 12.5. The molecule has 0 heterocycles. The maximum absolute atomic E-state index is 12.5. The van der Waals surface area contributed by atoms with Crippen LogP contribution in [0.4, 0.5) is 0 Å². The quantitative estimate of drug-likeness (QED) is 0.594. The van der Waals surface area contributed by atoms with Crippen molar-refractivity contribution < 1.29 is 19.1 Å². The molecule has 0 saturated heterocycles. The third-order valence-corrected chi connectivity index (χ3v) is 4.50. The van der Waals surface area contributed by atoms with Crippen LogP contribution in [0.3, 0.4) is 0 Å². The highest BCUT2D eigenvalue weighted by molar-refractivity contribution is 6.00. The van der Waals surface area contributed by atoms with Crippen LogP contribution in [0.15, 0.2) is 6.07 Å². The SMILES string of the molecule is CCOC(=O)C(C)(Cc1c(C)c(C)cc(C)c1C)C(=O)OCC. The lowest BCUT2D eigenvalue weighted by atomic mass is 9.79. The molecule has 0 bridgehead atoms. The number of benzene rings is 1. The Labute approximate surface area is 139 Å². The zero-order chi connectivity index (χ0) is 17.8. The molecule has 0 spiro atoms. The van der Waals surface area contributed by atoms with Crippen LogP contribution in [0.5, 0.6) is 0 Å². The van der Waals surface area contributed by atoms with Gasteiger partial charge in [-0.25, -0.2) is 0 Å². The van der Waals surface area contributed by atoms with Crippen molar-refractivity contribution in [3.8, 4) is 0 Å². The van der Waals surface area contributed by atoms with Gasteiger partial charge < -0.3 is 9.47 Å². The molecule has 0 aliphatic rings. The van der Waals surface area contributed by atoms with E-state index in [1.165, 1.54) is 0 Å². The summed E-state index contributed by atoms with van der Waals surface area (Å²) in [5, 5.41) is 0. The summed E-state index contributed by atoms with van der Waals surface area (Å²) in [6, 6.07) is 2.13. The van der Waals surface area contributed by atoms with Gasteiger partial charge >= 0.3 is 11.9 Å². The summed E-state index contributed by atoms with van der Waals surface area (Å²) < 4.78 is 10.3. The summed E-state index contributed by atoms with van der Waals surface area (Å²) in [6.45, 7) is 13.7. The Morgan fingerprint density at radius 2 is 1.30 bits per heavy atom. The van der Waals surface area contributed by atoms with Gasteiger partial charge in [-0.1, -0.05) is 6.07 Å². The lowest BCUT2D eigenvalue weighted by molar-refractivity contribution is -0.170. The van der Waals surface area contributed by atoms with Gasteiger partial charge in [0.05, 0.1) is 13.2 Å². The first-order valence-corrected chi connectivity index (χ1v) is 8.09. The van der Waals surface area contributed by atoms with Gasteiger partial charge in [0.1, 0.15) is 0 Å². The first-order chi connectivity index (χ1) is 10.7. The summed E-state index contributed by atoms with van der Waals surface area (Å²) in [7, 11) is 0. The standard InChI is InChI=1S/C19H28O4/c1-8-22-17(20)19(7,18(21)23-9-2)11-16-14(5)12(3)10-13(4)15(16)6/h10H,8-9,11H2,1-7H3. The maximum Gasteiger partial charge on any atom is 0.323 e. The number of ether oxygens (including phenoxy) is 2. The van der Waals surface area contributed by atoms with Crippen LogP contribution in [-0.4, -0.2) is 25.2 Å². The normalized spacial score (nSPS) is 11.3. The summed E-state index contributed by atoms with van der Waals surface area (Å²) in [4.78, 5) is 24.9. The van der Waals surface area contributed by atoms with E-state index in [0.717, 1.165) is 27.8 Å². The highest BCUT2D eigenvalue weighted by Gasteiger charge is 2.45. The van der Waals surface area contributed by atoms with E-state index in [1.54, 1.807) is 20.8 Å². The predicted molar refractivity (Wildman–Crippen MR) is 90.5 cm³/mol. The molecule has 23 heavy (non-hydrogen) atoms. The van der Waals surface area contributed by atoms with Gasteiger partial charge in [-0.15, -0.1) is 0 Å². The van der Waals surface area contributed by atoms with E-state index in [1.807, 2.05) is 27.7 Å². The van der Waals surface area contributed by atoms with Gasteiger partial charge in [0, 0.05) is 0 Å². The van der Waals surface area contributed by atoms with Crippen molar-refractivity contribution in [2.75, 3.05) is 13.2 Å². The van der Waals surface area contributed by atoms with Gasteiger partial charge in [0.25, 0.3) is 0 Å². The van der Waals surface area contributed by atoms with Crippen molar-refractivity contribution in [1.29, 1.82) is 0 Å². The molecule has 4 nitrogen and oxygen atoms in total. The Morgan fingerprint density at radius 1 is 0.913 bits per heavy atom. The molecule has 0 fully saturated rings. The molecule has 0 atom stereocenters. The fraction of sp³-hybridized carbons (Fsp3) is 0.579. The third-order valence-electron chi connectivity index (χ3n) is 4.50. The first kappa shape index (κ1) is 19.2. The monoisotopic (exact) mass is 320 g/mol. The minimum Gasteiger partial charge on any atom is -0.465 e. The summed E-state index contributed by atoms with van der Waals surface area (Å²) in [5.41, 5.74) is 4.20. The Morgan fingerprint density at radius 3 is 1.65 bits per heavy atom. The number of carbonyl (C=O) groups excluding carboxylic acids is 2. The lowest BCUT2D eigenvalue weighted by Crippen LogP contribution is -2.41. The number of hydrogen-bond donors (Lipinski definition) is 0. The average Bonchev–Trinajstić information content (AvgIpc) is 2.49. The average molecular weight is 320 g/mol.